The molecule has 1 aliphatic rings. The fourth-order valence-corrected chi connectivity index (χ4v) is 3.57. The second-order valence-corrected chi connectivity index (χ2v) is 7.61. The monoisotopic (exact) mass is 345 g/mol. The molecule has 0 radical (unpaired) electrons. The van der Waals surface area contributed by atoms with Gasteiger partial charge in [-0.15, -0.1) is 0 Å². The van der Waals surface area contributed by atoms with Crippen LogP contribution in [0.5, 0.6) is 0 Å². The second kappa shape index (κ2) is 5.16. The molecule has 1 fully saturated rings. The van der Waals surface area contributed by atoms with Crippen molar-refractivity contribution in [1.29, 1.82) is 0 Å². The van der Waals surface area contributed by atoms with Crippen molar-refractivity contribution in [3.05, 3.63) is 11.8 Å². The summed E-state index contributed by atoms with van der Waals surface area (Å²) < 4.78 is 60.7. The Hall–Kier alpha value is -1.29. The normalized spacial score (nSPS) is 20.3. The highest BCUT2D eigenvalue weighted by atomic mass is 35.7. The summed E-state index contributed by atoms with van der Waals surface area (Å²) >= 11 is 0. The molecule has 1 aromatic heterocycles. The Morgan fingerprint density at radius 1 is 1.48 bits per heavy atom. The Kier molecular flexibility index (Phi) is 3.96. The second-order valence-electron chi connectivity index (χ2n) is 4.79. The van der Waals surface area contributed by atoms with Crippen LogP contribution in [0.3, 0.4) is 0 Å². The number of rotatable bonds is 3. The summed E-state index contributed by atoms with van der Waals surface area (Å²) in [7, 11) is 2.63. The van der Waals surface area contributed by atoms with Gasteiger partial charge in [-0.3, -0.25) is 14.4 Å². The molecule has 11 heteroatoms. The molecule has 0 aliphatic carbocycles. The van der Waals surface area contributed by atoms with Crippen LogP contribution in [0.25, 0.3) is 0 Å². The van der Waals surface area contributed by atoms with E-state index in [2.05, 4.69) is 5.10 Å². The third-order valence-corrected chi connectivity index (χ3v) is 4.31. The van der Waals surface area contributed by atoms with E-state index in [0.29, 0.717) is 0 Å². The molecule has 21 heavy (non-hydrogen) atoms. The highest BCUT2D eigenvalue weighted by Crippen LogP contribution is 2.33. The first-order valence-electron chi connectivity index (χ1n) is 5.81. The smallest absolute Gasteiger partial charge is 0.297 e. The molecule has 1 saturated heterocycles. The molecule has 2 rings (SSSR count). The molecule has 0 N–H and O–H groups in total. The van der Waals surface area contributed by atoms with Gasteiger partial charge in [0.05, 0.1) is 5.75 Å². The predicted octanol–water partition coefficient (Wildman–Crippen LogP) is 1.36. The van der Waals surface area contributed by atoms with Crippen LogP contribution >= 0.6 is 10.7 Å². The van der Waals surface area contributed by atoms with Crippen LogP contribution in [0.4, 0.5) is 19.0 Å². The average molecular weight is 346 g/mol. The number of aryl methyl sites for hydroxylation is 1. The van der Waals surface area contributed by atoms with Crippen LogP contribution in [0, 0.1) is 5.92 Å². The first-order chi connectivity index (χ1) is 9.47. The van der Waals surface area contributed by atoms with Crippen LogP contribution in [0.2, 0.25) is 0 Å². The van der Waals surface area contributed by atoms with Crippen molar-refractivity contribution in [3.8, 4) is 0 Å². The predicted molar refractivity (Wildman–Crippen MR) is 68.3 cm³/mol. The lowest BCUT2D eigenvalue weighted by Gasteiger charge is -2.15. The molecular weight excluding hydrogens is 335 g/mol. The number of halogens is 4. The lowest BCUT2D eigenvalue weighted by atomic mass is 10.1. The number of nitrogens with zero attached hydrogens (tertiary/aromatic N) is 3. The summed E-state index contributed by atoms with van der Waals surface area (Å²) in [6.45, 7) is -0.0123. The number of amides is 1. The molecular formula is C10H11ClF3N3O3S. The third-order valence-electron chi connectivity index (χ3n) is 3.06. The number of anilines is 1. The fraction of sp³-hybridized carbons (Fsp3) is 0.600. The minimum absolute atomic E-state index is 0.0123. The first kappa shape index (κ1) is 16.1. The molecule has 1 unspecified atom stereocenters. The van der Waals surface area contributed by atoms with E-state index in [1.165, 1.54) is 7.05 Å². The number of carbonyl (C=O) groups is 1. The van der Waals surface area contributed by atoms with Crippen LogP contribution in [0.15, 0.2) is 6.07 Å². The van der Waals surface area contributed by atoms with Crippen molar-refractivity contribution in [2.24, 2.45) is 13.0 Å². The van der Waals surface area contributed by atoms with Crippen molar-refractivity contribution >= 4 is 31.5 Å². The standard InChI is InChI=1S/C10H11ClF3N3O3S/c1-16-8(3-7(15-16)10(12,13)14)17-4-6(2-9(17)18)5-21(11,19)20/h3,6H,2,4-5H2,1H3. The minimum atomic E-state index is -4.61. The maximum absolute atomic E-state index is 12.6. The average Bonchev–Trinajstić information content (AvgIpc) is 2.79. The summed E-state index contributed by atoms with van der Waals surface area (Å²) in [5, 5.41) is 3.31. The van der Waals surface area contributed by atoms with E-state index in [1.54, 1.807) is 0 Å². The van der Waals surface area contributed by atoms with Crippen LogP contribution in [-0.4, -0.2) is 36.4 Å². The third kappa shape index (κ3) is 3.67. The van der Waals surface area contributed by atoms with E-state index >= 15 is 0 Å². The molecule has 118 valence electrons. The van der Waals surface area contributed by atoms with E-state index in [1.807, 2.05) is 0 Å². The van der Waals surface area contributed by atoms with Gasteiger partial charge in [0.25, 0.3) is 0 Å². The van der Waals surface area contributed by atoms with E-state index < -0.39 is 38.5 Å². The Bertz CT molecular complexity index is 671. The summed E-state index contributed by atoms with van der Waals surface area (Å²) in [6.07, 6.45) is -4.70. The molecule has 0 spiro atoms. The van der Waals surface area contributed by atoms with Crippen molar-refractivity contribution in [2.75, 3.05) is 17.2 Å². The number of carbonyl (C=O) groups excluding carboxylic acids is 1. The van der Waals surface area contributed by atoms with Gasteiger partial charge in [-0.05, 0) is 0 Å². The topological polar surface area (TPSA) is 72.3 Å². The summed E-state index contributed by atoms with van der Waals surface area (Å²) in [4.78, 5) is 12.9. The quantitative estimate of drug-likeness (QED) is 0.775. The van der Waals surface area contributed by atoms with Crippen molar-refractivity contribution in [2.45, 2.75) is 12.6 Å². The zero-order valence-electron chi connectivity index (χ0n) is 10.8. The summed E-state index contributed by atoms with van der Waals surface area (Å²) in [5.74, 6) is -1.44. The van der Waals surface area contributed by atoms with Crippen molar-refractivity contribution in [3.63, 3.8) is 0 Å². The molecule has 0 saturated carbocycles. The van der Waals surface area contributed by atoms with Crippen molar-refractivity contribution < 1.29 is 26.4 Å². The Balaban J connectivity index is 2.23. The first-order valence-corrected chi connectivity index (χ1v) is 8.29. The van der Waals surface area contributed by atoms with E-state index in [0.717, 1.165) is 15.6 Å². The lowest BCUT2D eigenvalue weighted by Crippen LogP contribution is -2.27. The molecule has 0 aromatic carbocycles. The zero-order chi connectivity index (χ0) is 16.0. The van der Waals surface area contributed by atoms with Crippen molar-refractivity contribution in [1.82, 2.24) is 9.78 Å². The minimum Gasteiger partial charge on any atom is -0.297 e. The fourth-order valence-electron chi connectivity index (χ4n) is 2.24. The maximum atomic E-state index is 12.6. The molecule has 1 aromatic rings. The molecule has 2 heterocycles. The van der Waals surface area contributed by atoms with Gasteiger partial charge in [0.1, 0.15) is 5.82 Å². The van der Waals surface area contributed by atoms with Gasteiger partial charge in [-0.2, -0.15) is 18.3 Å². The number of hydrogen-bond acceptors (Lipinski definition) is 4. The number of aromatic nitrogens is 2. The highest BCUT2D eigenvalue weighted by Gasteiger charge is 2.38. The van der Waals surface area contributed by atoms with Gasteiger partial charge in [0, 0.05) is 42.7 Å². The molecule has 1 amide bonds. The molecule has 6 nitrogen and oxygen atoms in total. The van der Waals surface area contributed by atoms with Crippen LogP contribution in [0.1, 0.15) is 12.1 Å². The van der Waals surface area contributed by atoms with Gasteiger partial charge >= 0.3 is 6.18 Å². The van der Waals surface area contributed by atoms with Crippen LogP contribution < -0.4 is 4.90 Å². The van der Waals surface area contributed by atoms with Gasteiger partial charge < -0.3 is 0 Å². The van der Waals surface area contributed by atoms with E-state index in [4.69, 9.17) is 10.7 Å². The van der Waals surface area contributed by atoms with Gasteiger partial charge in [-0.1, -0.05) is 0 Å². The molecule has 0 bridgehead atoms. The summed E-state index contributed by atoms with van der Waals surface area (Å²) in [5.41, 5.74) is -1.11. The largest absolute Gasteiger partial charge is 0.435 e. The number of hydrogen-bond donors (Lipinski definition) is 0. The summed E-state index contributed by atoms with van der Waals surface area (Å²) in [6, 6.07) is 0.759. The molecule has 1 aliphatic heterocycles. The number of alkyl halides is 3. The van der Waals surface area contributed by atoms with Gasteiger partial charge in [0.2, 0.25) is 15.0 Å². The van der Waals surface area contributed by atoms with Crippen LogP contribution in [-0.2, 0) is 27.1 Å². The van der Waals surface area contributed by atoms with E-state index in [-0.39, 0.29) is 18.8 Å². The Labute approximate surface area is 122 Å². The van der Waals surface area contributed by atoms with E-state index in [9.17, 15) is 26.4 Å². The highest BCUT2D eigenvalue weighted by molar-refractivity contribution is 8.13. The Morgan fingerprint density at radius 3 is 2.57 bits per heavy atom. The lowest BCUT2D eigenvalue weighted by molar-refractivity contribution is -0.141. The van der Waals surface area contributed by atoms with Gasteiger partial charge in [0.15, 0.2) is 5.69 Å². The molecule has 1 atom stereocenters. The SMILES string of the molecule is Cn1nc(C(F)(F)F)cc1N1CC(CS(=O)(=O)Cl)CC1=O. The maximum Gasteiger partial charge on any atom is 0.435 e. The Morgan fingerprint density at radius 2 is 2.10 bits per heavy atom. The zero-order valence-corrected chi connectivity index (χ0v) is 12.3. The van der Waals surface area contributed by atoms with Gasteiger partial charge in [-0.25, -0.2) is 8.42 Å².